The predicted molar refractivity (Wildman–Crippen MR) is 410 cm³/mol. The predicted octanol–water partition coefficient (Wildman–Crippen LogP) is 21.2. The van der Waals surface area contributed by atoms with Gasteiger partial charge in [-0.2, -0.15) is 0 Å². The fraction of sp³-hybridized carbons (Fsp3) is 0. The summed E-state index contributed by atoms with van der Waals surface area (Å²) in [5.74, 6) is 0. The Hall–Kier alpha value is -12.8. The Kier molecular flexibility index (Phi) is 10.4. The zero-order valence-electron chi connectivity index (χ0n) is 52.8. The summed E-state index contributed by atoms with van der Waals surface area (Å²) in [7, 11) is 0. The average molecular weight is 1240 g/mol. The van der Waals surface area contributed by atoms with Gasteiger partial charge in [-0.25, -0.2) is 0 Å². The van der Waals surface area contributed by atoms with E-state index in [4.69, 9.17) is 8.83 Å². The highest BCUT2D eigenvalue weighted by atomic mass is 16.3. The van der Waals surface area contributed by atoms with Gasteiger partial charge in [-0.05, 0) is 175 Å². The summed E-state index contributed by atoms with van der Waals surface area (Å²) in [5.41, 5.74) is 34.2. The van der Waals surface area contributed by atoms with E-state index in [0.29, 0.717) is 0 Å². The molecule has 4 aliphatic heterocycles. The highest BCUT2D eigenvalue weighted by Crippen LogP contribution is 2.57. The number of benzene rings is 15. The molecule has 0 saturated heterocycles. The second-order valence-electron chi connectivity index (χ2n) is 26.9. The lowest BCUT2D eigenvalue weighted by molar-refractivity contribution is 0.669. The van der Waals surface area contributed by atoms with Crippen molar-refractivity contribution in [3.8, 4) is 66.8 Å². The lowest BCUT2D eigenvalue weighted by Gasteiger charge is -2.42. The molecule has 4 aromatic heterocycles. The first kappa shape index (κ1) is 52.6. The number of rotatable bonds is 6. The molecule has 0 atom stereocenters. The maximum Gasteiger partial charge on any atom is 0.333 e. The van der Waals surface area contributed by atoms with Crippen molar-refractivity contribution < 1.29 is 8.83 Å². The zero-order chi connectivity index (χ0) is 63.6. The summed E-state index contributed by atoms with van der Waals surface area (Å²) >= 11 is 0. The van der Waals surface area contributed by atoms with E-state index in [-0.39, 0.29) is 13.7 Å². The molecule has 0 aliphatic carbocycles. The summed E-state index contributed by atoms with van der Waals surface area (Å²) in [5, 5.41) is 9.34. The second-order valence-corrected chi connectivity index (χ2v) is 26.9. The normalized spacial score (nSPS) is 13.2. The number of hydrogen-bond donors (Lipinski definition) is 0. The van der Waals surface area contributed by atoms with Crippen molar-refractivity contribution in [2.45, 2.75) is 0 Å². The Balaban J connectivity index is 0.859. The van der Waals surface area contributed by atoms with E-state index >= 15 is 0 Å². The Morgan fingerprint density at radius 2 is 0.592 bits per heavy atom. The Morgan fingerprint density at radius 1 is 0.245 bits per heavy atom. The Morgan fingerprint density at radius 3 is 0.980 bits per heavy atom. The van der Waals surface area contributed by atoms with Gasteiger partial charge in [0.2, 0.25) is 0 Å². The van der Waals surface area contributed by atoms with Crippen LogP contribution < -0.4 is 31.7 Å². The molecule has 450 valence electrons. The molecule has 8 heterocycles. The number of fused-ring (bicyclic) bond motifs is 22. The summed E-state index contributed by atoms with van der Waals surface area (Å²) in [6.07, 6.45) is 0. The highest BCUT2D eigenvalue weighted by molar-refractivity contribution is 6.92. The minimum absolute atomic E-state index is 0.255. The standard InChI is InChI=1S/C90H52B2N4O2/c1-5-23-53(24-6-1)57-43-58(54-25-7-2-8-26-54)46-61(45-57)93-75-39-21-35-67-85-83-66-34-14-18-38-74(66)96-90(83)86(84-65-33-13-17-37-73(65)95(89(84)85)91(87(67)75)71-51-81-69(49-77(71)93)63-31-15-19-41-79(63)97-81)68-36-22-40-76-88(68)92(96)72-52-82-70(64-32-16-20-42-80(64)98-82)50-78(72)94(76)62-47-59(55-27-9-3-10-28-55)44-60(48-62)56-29-11-4-12-30-56/h1-52H. The second kappa shape index (κ2) is 19.4. The lowest BCUT2D eigenvalue weighted by atomic mass is 9.44. The van der Waals surface area contributed by atoms with Crippen LogP contribution >= 0.6 is 0 Å². The molecule has 0 unspecified atom stereocenters. The Labute approximate surface area is 563 Å². The van der Waals surface area contributed by atoms with Crippen molar-refractivity contribution in [2.24, 2.45) is 0 Å². The molecule has 15 aromatic carbocycles. The first-order valence-corrected chi connectivity index (χ1v) is 33.9. The smallest absolute Gasteiger partial charge is 0.333 e. The third-order valence-electron chi connectivity index (χ3n) is 21.9. The van der Waals surface area contributed by atoms with Gasteiger partial charge in [0.05, 0.1) is 0 Å². The molecule has 23 rings (SSSR count). The molecule has 0 amide bonds. The summed E-state index contributed by atoms with van der Waals surface area (Å²) in [6.45, 7) is -0.511. The van der Waals surface area contributed by atoms with Crippen molar-refractivity contribution in [3.63, 3.8) is 0 Å². The van der Waals surface area contributed by atoms with Crippen LogP contribution in [-0.2, 0) is 0 Å². The summed E-state index contributed by atoms with van der Waals surface area (Å²) in [6, 6.07) is 117. The molecule has 0 bridgehead atoms. The van der Waals surface area contributed by atoms with Gasteiger partial charge < -0.3 is 27.6 Å². The molecule has 98 heavy (non-hydrogen) atoms. The molecule has 0 fully saturated rings. The van der Waals surface area contributed by atoms with Gasteiger partial charge in [0.1, 0.15) is 22.3 Å². The number of para-hydroxylation sites is 4. The summed E-state index contributed by atoms with van der Waals surface area (Å²) < 4.78 is 19.5. The molecule has 4 aliphatic rings. The first-order chi connectivity index (χ1) is 48.6. The molecular formula is C90H52B2N4O2. The minimum Gasteiger partial charge on any atom is -0.456 e. The zero-order valence-corrected chi connectivity index (χ0v) is 52.8. The highest BCUT2D eigenvalue weighted by Gasteiger charge is 2.49. The average Bonchev–Trinajstić information content (AvgIpc) is 1.45. The lowest BCUT2D eigenvalue weighted by Crippen LogP contribution is -2.57. The van der Waals surface area contributed by atoms with Gasteiger partial charge in [-0.15, -0.1) is 0 Å². The van der Waals surface area contributed by atoms with Gasteiger partial charge in [-0.1, -0.05) is 218 Å². The maximum atomic E-state index is 7.01. The van der Waals surface area contributed by atoms with E-state index in [2.05, 4.69) is 334 Å². The fourth-order valence-electron chi connectivity index (χ4n) is 18.0. The molecule has 0 spiro atoms. The fourth-order valence-corrected chi connectivity index (χ4v) is 18.0. The van der Waals surface area contributed by atoms with Crippen LogP contribution in [0.1, 0.15) is 0 Å². The number of furan rings is 2. The number of aromatic nitrogens is 2. The van der Waals surface area contributed by atoms with Crippen LogP contribution in [0.15, 0.2) is 324 Å². The number of hydrogen-bond acceptors (Lipinski definition) is 4. The molecule has 6 nitrogen and oxygen atoms in total. The molecule has 8 heteroatoms. The van der Waals surface area contributed by atoms with E-state index in [1.165, 1.54) is 87.7 Å². The van der Waals surface area contributed by atoms with Gasteiger partial charge in [0.25, 0.3) is 0 Å². The van der Waals surface area contributed by atoms with Crippen LogP contribution in [0, 0.1) is 0 Å². The van der Waals surface area contributed by atoms with Gasteiger partial charge in [0.15, 0.2) is 0 Å². The van der Waals surface area contributed by atoms with Crippen LogP contribution in [-0.4, -0.2) is 22.7 Å². The van der Waals surface area contributed by atoms with Crippen molar-refractivity contribution in [3.05, 3.63) is 315 Å². The molecule has 0 saturated carbocycles. The van der Waals surface area contributed by atoms with Crippen molar-refractivity contribution in [2.75, 3.05) is 9.80 Å². The largest absolute Gasteiger partial charge is 0.456 e. The third-order valence-corrected chi connectivity index (χ3v) is 21.9. The third kappa shape index (κ3) is 7.02. The van der Waals surface area contributed by atoms with E-state index < -0.39 is 0 Å². The van der Waals surface area contributed by atoms with Crippen LogP contribution in [0.4, 0.5) is 34.1 Å². The molecular weight excluding hydrogens is 1190 g/mol. The van der Waals surface area contributed by atoms with Gasteiger partial charge >= 0.3 is 13.7 Å². The van der Waals surface area contributed by atoms with E-state index in [0.717, 1.165) is 123 Å². The van der Waals surface area contributed by atoms with Gasteiger partial charge in [0, 0.05) is 110 Å². The molecule has 0 N–H and O–H groups in total. The number of anilines is 6. The van der Waals surface area contributed by atoms with Crippen molar-refractivity contribution in [1.82, 2.24) is 8.96 Å². The monoisotopic (exact) mass is 1240 g/mol. The van der Waals surface area contributed by atoms with Gasteiger partial charge in [-0.3, -0.25) is 0 Å². The van der Waals surface area contributed by atoms with E-state index in [9.17, 15) is 0 Å². The summed E-state index contributed by atoms with van der Waals surface area (Å²) in [4.78, 5) is 5.16. The maximum absolute atomic E-state index is 7.01. The van der Waals surface area contributed by atoms with Crippen molar-refractivity contribution >= 4 is 157 Å². The van der Waals surface area contributed by atoms with Crippen LogP contribution in [0.5, 0.6) is 0 Å². The van der Waals surface area contributed by atoms with E-state index in [1.807, 2.05) is 0 Å². The van der Waals surface area contributed by atoms with E-state index in [1.54, 1.807) is 0 Å². The topological polar surface area (TPSA) is 42.6 Å². The van der Waals surface area contributed by atoms with Crippen molar-refractivity contribution in [1.29, 1.82) is 0 Å². The molecule has 0 radical (unpaired) electrons. The SMILES string of the molecule is c1ccc(-c2cc(-c3ccccc3)cc(N3c4cc5c(cc4B4c6c(cccc63)-c3c6c7ccccc7n7c6c(c6c8ccccc8n4c36)-c3cccc4c3B7c3cc6oc7ccccc7c6cc3N4c3cc(-c4ccccc4)cc(-c4ccccc4)c3)oc3ccccc35)c2)cc1. The van der Waals surface area contributed by atoms with Crippen LogP contribution in [0.25, 0.3) is 154 Å². The minimum atomic E-state index is -0.255. The van der Waals surface area contributed by atoms with Crippen LogP contribution in [0.3, 0.4) is 0 Å². The Bertz CT molecular complexity index is 6190. The first-order valence-electron chi connectivity index (χ1n) is 33.9. The quantitative estimate of drug-likeness (QED) is 0.156. The number of nitrogens with zero attached hydrogens (tertiary/aromatic N) is 4. The van der Waals surface area contributed by atoms with Crippen LogP contribution in [0.2, 0.25) is 0 Å². The molecule has 19 aromatic rings.